The van der Waals surface area contributed by atoms with E-state index in [9.17, 15) is 9.59 Å². The fraction of sp³-hybridized carbons (Fsp3) is 0.333. The molecule has 0 aliphatic carbocycles. The summed E-state index contributed by atoms with van der Waals surface area (Å²) in [4.78, 5) is 29.2. The summed E-state index contributed by atoms with van der Waals surface area (Å²) in [6.07, 6.45) is 3.11. The van der Waals surface area contributed by atoms with Crippen LogP contribution in [0.15, 0.2) is 12.4 Å². The molecule has 0 atom stereocenters. The number of carboxylic acids is 1. The Morgan fingerprint density at radius 2 is 1.93 bits per heavy atom. The van der Waals surface area contributed by atoms with Crippen LogP contribution in [0.25, 0.3) is 0 Å². The van der Waals surface area contributed by atoms with Crippen LogP contribution in [0.2, 0.25) is 0 Å². The maximum atomic E-state index is 11.3. The molecule has 0 amide bonds. The highest BCUT2D eigenvalue weighted by Crippen LogP contribution is 2.03. The molecule has 0 spiro atoms. The van der Waals surface area contributed by atoms with Crippen LogP contribution in [0.5, 0.6) is 0 Å². The number of hydrogen-bond acceptors (Lipinski definition) is 5. The molecule has 15 heavy (non-hydrogen) atoms. The average molecular weight is 210 g/mol. The van der Waals surface area contributed by atoms with Crippen LogP contribution in [0, 0.1) is 0 Å². The lowest BCUT2D eigenvalue weighted by Gasteiger charge is -2.03. The second kappa shape index (κ2) is 5.04. The summed E-state index contributed by atoms with van der Waals surface area (Å²) in [6.45, 7) is 2.07. The summed E-state index contributed by atoms with van der Waals surface area (Å²) in [7, 11) is 0. The van der Waals surface area contributed by atoms with Crippen LogP contribution < -0.4 is 0 Å². The Morgan fingerprint density at radius 3 is 2.47 bits per heavy atom. The lowest BCUT2D eigenvalue weighted by atomic mass is 10.3. The molecular weight excluding hydrogens is 200 g/mol. The van der Waals surface area contributed by atoms with Gasteiger partial charge >= 0.3 is 11.9 Å². The van der Waals surface area contributed by atoms with Crippen molar-refractivity contribution in [3.63, 3.8) is 0 Å². The second-order valence-corrected chi connectivity index (χ2v) is 2.69. The molecule has 6 nitrogen and oxygen atoms in total. The molecule has 80 valence electrons. The van der Waals surface area contributed by atoms with Crippen molar-refractivity contribution in [2.45, 2.75) is 13.3 Å². The number of nitrogens with zero attached hydrogens (tertiary/aromatic N) is 2. The maximum absolute atomic E-state index is 11.3. The maximum Gasteiger partial charge on any atom is 0.359 e. The van der Waals surface area contributed by atoms with Crippen LogP contribution in [-0.4, -0.2) is 33.6 Å². The van der Waals surface area contributed by atoms with Gasteiger partial charge < -0.3 is 9.84 Å². The predicted octanol–water partition coefficient (Wildman–Crippen LogP) is 0.742. The molecule has 1 aromatic rings. The van der Waals surface area contributed by atoms with Gasteiger partial charge in [-0.05, 0) is 6.42 Å². The van der Waals surface area contributed by atoms with Crippen LogP contribution in [-0.2, 0) is 4.74 Å². The van der Waals surface area contributed by atoms with Crippen molar-refractivity contribution in [2.75, 3.05) is 6.61 Å². The van der Waals surface area contributed by atoms with Gasteiger partial charge in [-0.25, -0.2) is 19.6 Å². The third-order valence-electron chi connectivity index (χ3n) is 1.53. The van der Waals surface area contributed by atoms with Gasteiger partial charge in [-0.15, -0.1) is 0 Å². The van der Waals surface area contributed by atoms with E-state index in [-0.39, 0.29) is 12.3 Å². The van der Waals surface area contributed by atoms with Gasteiger partial charge in [-0.1, -0.05) is 6.92 Å². The van der Waals surface area contributed by atoms with Gasteiger partial charge in [0, 0.05) is 12.4 Å². The Labute approximate surface area is 85.9 Å². The number of carbonyl (C=O) groups excluding carboxylic acids is 1. The highest BCUT2D eigenvalue weighted by atomic mass is 16.5. The summed E-state index contributed by atoms with van der Waals surface area (Å²) in [6, 6.07) is 0. The number of esters is 1. The SMILES string of the molecule is CCCOC(=O)c1nccnc1C(=O)O. The first-order chi connectivity index (χ1) is 7.16. The zero-order chi connectivity index (χ0) is 11.3. The number of hydrogen-bond donors (Lipinski definition) is 1. The summed E-state index contributed by atoms with van der Waals surface area (Å²) >= 11 is 0. The molecule has 1 heterocycles. The molecule has 0 fully saturated rings. The zero-order valence-electron chi connectivity index (χ0n) is 8.14. The number of rotatable bonds is 4. The van der Waals surface area contributed by atoms with Crippen molar-refractivity contribution in [3.05, 3.63) is 23.8 Å². The molecule has 0 aromatic carbocycles. The van der Waals surface area contributed by atoms with Crippen LogP contribution >= 0.6 is 0 Å². The summed E-state index contributed by atoms with van der Waals surface area (Å²) < 4.78 is 4.76. The molecule has 6 heteroatoms. The van der Waals surface area contributed by atoms with Crippen LogP contribution in [0.1, 0.15) is 34.3 Å². The third kappa shape index (κ3) is 2.73. The number of ether oxygens (including phenoxy) is 1. The topological polar surface area (TPSA) is 89.4 Å². The summed E-state index contributed by atoms with van der Waals surface area (Å²) in [5.41, 5.74) is -0.656. The lowest BCUT2D eigenvalue weighted by molar-refractivity contribution is 0.0485. The molecule has 0 unspecified atom stereocenters. The van der Waals surface area contributed by atoms with Gasteiger partial charge in [-0.2, -0.15) is 0 Å². The smallest absolute Gasteiger partial charge is 0.359 e. The number of aromatic carboxylic acids is 1. The van der Waals surface area contributed by atoms with Crippen molar-refractivity contribution < 1.29 is 19.4 Å². The Kier molecular flexibility index (Phi) is 3.73. The van der Waals surface area contributed by atoms with E-state index in [1.165, 1.54) is 12.4 Å². The molecule has 0 bridgehead atoms. The standard InChI is InChI=1S/C9H10N2O4/c1-2-5-15-9(14)7-6(8(12)13)10-3-4-11-7/h3-4H,2,5H2,1H3,(H,12,13). The second-order valence-electron chi connectivity index (χ2n) is 2.69. The van der Waals surface area contributed by atoms with E-state index in [4.69, 9.17) is 9.84 Å². The van der Waals surface area contributed by atoms with Gasteiger partial charge in [0.25, 0.3) is 0 Å². The molecule has 1 aromatic heterocycles. The van der Waals surface area contributed by atoms with Gasteiger partial charge in [0.1, 0.15) is 0 Å². The first-order valence-corrected chi connectivity index (χ1v) is 4.38. The van der Waals surface area contributed by atoms with E-state index < -0.39 is 17.6 Å². The van der Waals surface area contributed by atoms with Gasteiger partial charge in [0.2, 0.25) is 0 Å². The van der Waals surface area contributed by atoms with E-state index in [0.717, 1.165) is 0 Å². The van der Waals surface area contributed by atoms with Crippen LogP contribution in [0.4, 0.5) is 0 Å². The van der Waals surface area contributed by atoms with E-state index in [1.807, 2.05) is 6.92 Å². The Hall–Kier alpha value is -1.98. The minimum atomic E-state index is -1.30. The zero-order valence-corrected chi connectivity index (χ0v) is 8.14. The number of carboxylic acid groups (broad SMARTS) is 1. The average Bonchev–Trinajstić information content (AvgIpc) is 2.25. The molecule has 0 aliphatic rings. The summed E-state index contributed by atoms with van der Waals surface area (Å²) in [5.74, 6) is -2.06. The Bertz CT molecular complexity index is 378. The number of aromatic nitrogens is 2. The molecule has 0 saturated heterocycles. The minimum absolute atomic E-state index is 0.231. The van der Waals surface area contributed by atoms with Crippen molar-refractivity contribution in [1.82, 2.24) is 9.97 Å². The minimum Gasteiger partial charge on any atom is -0.476 e. The fourth-order valence-corrected chi connectivity index (χ4v) is 0.907. The van der Waals surface area contributed by atoms with E-state index >= 15 is 0 Å². The molecule has 0 saturated carbocycles. The predicted molar refractivity (Wildman–Crippen MR) is 49.6 cm³/mol. The molecule has 0 aliphatic heterocycles. The first-order valence-electron chi connectivity index (χ1n) is 4.38. The van der Waals surface area contributed by atoms with Gasteiger partial charge in [0.15, 0.2) is 11.4 Å². The first kappa shape index (κ1) is 11.1. The van der Waals surface area contributed by atoms with Crippen molar-refractivity contribution in [2.24, 2.45) is 0 Å². The van der Waals surface area contributed by atoms with Crippen molar-refractivity contribution >= 4 is 11.9 Å². The third-order valence-corrected chi connectivity index (χ3v) is 1.53. The molecule has 1 N–H and O–H groups in total. The van der Waals surface area contributed by atoms with E-state index in [0.29, 0.717) is 6.42 Å². The van der Waals surface area contributed by atoms with E-state index in [2.05, 4.69) is 9.97 Å². The highest BCUT2D eigenvalue weighted by molar-refractivity contribution is 5.99. The van der Waals surface area contributed by atoms with Gasteiger partial charge in [-0.3, -0.25) is 0 Å². The normalized spacial score (nSPS) is 9.67. The monoisotopic (exact) mass is 210 g/mol. The highest BCUT2D eigenvalue weighted by Gasteiger charge is 2.20. The Balaban J connectivity index is 2.92. The van der Waals surface area contributed by atoms with Crippen molar-refractivity contribution in [1.29, 1.82) is 0 Å². The van der Waals surface area contributed by atoms with Crippen molar-refractivity contribution in [3.8, 4) is 0 Å². The van der Waals surface area contributed by atoms with E-state index in [1.54, 1.807) is 0 Å². The fourth-order valence-electron chi connectivity index (χ4n) is 0.907. The molecular formula is C9H10N2O4. The summed E-state index contributed by atoms with van der Waals surface area (Å²) in [5, 5.41) is 8.73. The molecule has 1 rings (SSSR count). The van der Waals surface area contributed by atoms with Crippen LogP contribution in [0.3, 0.4) is 0 Å². The number of carbonyl (C=O) groups is 2. The Morgan fingerprint density at radius 1 is 1.33 bits per heavy atom. The molecule has 0 radical (unpaired) electrons. The largest absolute Gasteiger partial charge is 0.476 e. The lowest BCUT2D eigenvalue weighted by Crippen LogP contribution is -2.15. The quantitative estimate of drug-likeness (QED) is 0.737. The van der Waals surface area contributed by atoms with Gasteiger partial charge in [0.05, 0.1) is 6.61 Å².